The van der Waals surface area contributed by atoms with Gasteiger partial charge in [0.05, 0.1) is 19.0 Å². The van der Waals surface area contributed by atoms with E-state index in [4.69, 9.17) is 4.74 Å². The molecule has 0 unspecified atom stereocenters. The first-order chi connectivity index (χ1) is 13.2. The SMILES string of the molecule is COc1cccc(C(=O)Nc2ccc(N(C)CCc3ccncc3)cn2)c1. The summed E-state index contributed by atoms with van der Waals surface area (Å²) >= 11 is 0. The van der Waals surface area contributed by atoms with E-state index in [2.05, 4.69) is 20.2 Å². The summed E-state index contributed by atoms with van der Waals surface area (Å²) in [6.07, 6.45) is 6.29. The number of rotatable bonds is 7. The van der Waals surface area contributed by atoms with Crippen LogP contribution in [-0.4, -0.2) is 36.6 Å². The van der Waals surface area contributed by atoms with Crippen LogP contribution in [-0.2, 0) is 6.42 Å². The fourth-order valence-electron chi connectivity index (χ4n) is 2.61. The summed E-state index contributed by atoms with van der Waals surface area (Å²) in [5, 5.41) is 2.80. The zero-order valence-corrected chi connectivity index (χ0v) is 15.4. The lowest BCUT2D eigenvalue weighted by Gasteiger charge is -2.19. The Morgan fingerprint density at radius 1 is 1.15 bits per heavy atom. The minimum Gasteiger partial charge on any atom is -0.497 e. The molecule has 3 rings (SSSR count). The minimum atomic E-state index is -0.222. The number of pyridine rings is 2. The molecule has 0 saturated heterocycles. The number of nitrogens with zero attached hydrogens (tertiary/aromatic N) is 3. The fraction of sp³-hybridized carbons (Fsp3) is 0.190. The van der Waals surface area contributed by atoms with E-state index in [1.807, 2.05) is 25.2 Å². The Bertz CT molecular complexity index is 882. The lowest BCUT2D eigenvalue weighted by molar-refractivity contribution is 0.102. The first-order valence-corrected chi connectivity index (χ1v) is 8.67. The maximum Gasteiger partial charge on any atom is 0.256 e. The van der Waals surface area contributed by atoms with Crippen molar-refractivity contribution in [3.63, 3.8) is 0 Å². The Morgan fingerprint density at radius 2 is 1.96 bits per heavy atom. The molecule has 0 atom stereocenters. The fourth-order valence-corrected chi connectivity index (χ4v) is 2.61. The molecule has 0 radical (unpaired) electrons. The monoisotopic (exact) mass is 362 g/mol. The molecule has 6 heteroatoms. The second-order valence-corrected chi connectivity index (χ2v) is 6.11. The standard InChI is InChI=1S/C21H22N4O2/c1-25(13-10-16-8-11-22-12-9-16)18-6-7-20(23-15-18)24-21(26)17-4-3-5-19(14-17)27-2/h3-9,11-12,14-15H,10,13H2,1-2H3,(H,23,24,26). The van der Waals surface area contributed by atoms with E-state index in [9.17, 15) is 4.79 Å². The van der Waals surface area contributed by atoms with Gasteiger partial charge in [0.15, 0.2) is 0 Å². The molecule has 0 aliphatic heterocycles. The van der Waals surface area contributed by atoms with Crippen LogP contribution in [0.4, 0.5) is 11.5 Å². The minimum absolute atomic E-state index is 0.222. The van der Waals surface area contributed by atoms with Gasteiger partial charge in [-0.15, -0.1) is 0 Å². The summed E-state index contributed by atoms with van der Waals surface area (Å²) in [4.78, 5) is 22.8. The Labute approximate surface area is 158 Å². The molecule has 0 spiro atoms. The van der Waals surface area contributed by atoms with Crippen LogP contribution in [0.5, 0.6) is 5.75 Å². The molecular weight excluding hydrogens is 340 g/mol. The molecule has 0 bridgehead atoms. The molecule has 27 heavy (non-hydrogen) atoms. The van der Waals surface area contributed by atoms with Crippen LogP contribution >= 0.6 is 0 Å². The van der Waals surface area contributed by atoms with Crippen molar-refractivity contribution in [1.82, 2.24) is 9.97 Å². The number of anilines is 2. The normalized spacial score (nSPS) is 10.3. The van der Waals surface area contributed by atoms with Crippen LogP contribution < -0.4 is 15.0 Å². The van der Waals surface area contributed by atoms with Crippen molar-refractivity contribution in [2.24, 2.45) is 0 Å². The number of hydrogen-bond donors (Lipinski definition) is 1. The van der Waals surface area contributed by atoms with Crippen molar-refractivity contribution in [1.29, 1.82) is 0 Å². The van der Waals surface area contributed by atoms with Gasteiger partial charge >= 0.3 is 0 Å². The number of amides is 1. The van der Waals surface area contributed by atoms with Gasteiger partial charge in [-0.2, -0.15) is 0 Å². The molecule has 2 heterocycles. The predicted molar refractivity (Wildman–Crippen MR) is 106 cm³/mol. The number of methoxy groups -OCH3 is 1. The first kappa shape index (κ1) is 18.4. The third-order valence-corrected chi connectivity index (χ3v) is 4.25. The predicted octanol–water partition coefficient (Wildman–Crippen LogP) is 3.42. The molecule has 1 aromatic carbocycles. The highest BCUT2D eigenvalue weighted by atomic mass is 16.5. The quantitative estimate of drug-likeness (QED) is 0.698. The molecule has 0 fully saturated rings. The van der Waals surface area contributed by atoms with Gasteiger partial charge < -0.3 is 15.0 Å². The van der Waals surface area contributed by atoms with E-state index in [-0.39, 0.29) is 5.91 Å². The highest BCUT2D eigenvalue weighted by Gasteiger charge is 2.09. The van der Waals surface area contributed by atoms with Crippen molar-refractivity contribution in [2.75, 3.05) is 30.9 Å². The van der Waals surface area contributed by atoms with Crippen molar-refractivity contribution >= 4 is 17.4 Å². The van der Waals surface area contributed by atoms with Crippen molar-refractivity contribution < 1.29 is 9.53 Å². The topological polar surface area (TPSA) is 67.3 Å². The van der Waals surface area contributed by atoms with Crippen molar-refractivity contribution in [2.45, 2.75) is 6.42 Å². The molecule has 138 valence electrons. The van der Waals surface area contributed by atoms with Gasteiger partial charge in [-0.3, -0.25) is 9.78 Å². The largest absolute Gasteiger partial charge is 0.497 e. The lowest BCUT2D eigenvalue weighted by Crippen LogP contribution is -2.20. The van der Waals surface area contributed by atoms with E-state index in [1.165, 1.54) is 5.56 Å². The van der Waals surface area contributed by atoms with E-state index in [0.717, 1.165) is 18.7 Å². The average Bonchev–Trinajstić information content (AvgIpc) is 2.73. The number of carbonyl (C=O) groups excluding carboxylic acids is 1. The Hall–Kier alpha value is -3.41. The molecule has 1 N–H and O–H groups in total. The van der Waals surface area contributed by atoms with Crippen LogP contribution in [0.2, 0.25) is 0 Å². The zero-order valence-electron chi connectivity index (χ0n) is 15.4. The molecule has 0 saturated carbocycles. The summed E-state index contributed by atoms with van der Waals surface area (Å²) < 4.78 is 5.15. The number of likely N-dealkylation sites (N-methyl/N-ethyl adjacent to an activating group) is 1. The van der Waals surface area contributed by atoms with Gasteiger partial charge in [0.1, 0.15) is 11.6 Å². The number of ether oxygens (including phenoxy) is 1. The van der Waals surface area contributed by atoms with Crippen molar-refractivity contribution in [3.05, 3.63) is 78.2 Å². The van der Waals surface area contributed by atoms with Gasteiger partial charge in [0.25, 0.3) is 5.91 Å². The number of hydrogen-bond acceptors (Lipinski definition) is 5. The van der Waals surface area contributed by atoms with E-state index in [0.29, 0.717) is 17.1 Å². The first-order valence-electron chi connectivity index (χ1n) is 8.67. The van der Waals surface area contributed by atoms with Crippen LogP contribution in [0, 0.1) is 0 Å². The maximum atomic E-state index is 12.3. The van der Waals surface area contributed by atoms with Gasteiger partial charge in [0.2, 0.25) is 0 Å². The average molecular weight is 362 g/mol. The van der Waals surface area contributed by atoms with Crippen LogP contribution in [0.15, 0.2) is 67.1 Å². The highest BCUT2D eigenvalue weighted by molar-refractivity contribution is 6.04. The van der Waals surface area contributed by atoms with Gasteiger partial charge in [-0.05, 0) is 54.4 Å². The zero-order chi connectivity index (χ0) is 19.1. The van der Waals surface area contributed by atoms with Gasteiger partial charge in [-0.25, -0.2) is 4.98 Å². The number of carbonyl (C=O) groups is 1. The van der Waals surface area contributed by atoms with Crippen molar-refractivity contribution in [3.8, 4) is 5.75 Å². The molecule has 0 aliphatic rings. The second-order valence-electron chi connectivity index (χ2n) is 6.11. The number of nitrogens with one attached hydrogen (secondary N) is 1. The summed E-state index contributed by atoms with van der Waals surface area (Å²) in [5.74, 6) is 0.927. The van der Waals surface area contributed by atoms with E-state index >= 15 is 0 Å². The second kappa shape index (κ2) is 8.80. The Balaban J connectivity index is 1.58. The third-order valence-electron chi connectivity index (χ3n) is 4.25. The molecule has 6 nitrogen and oxygen atoms in total. The van der Waals surface area contributed by atoms with Crippen LogP contribution in [0.25, 0.3) is 0 Å². The van der Waals surface area contributed by atoms with Gasteiger partial charge in [-0.1, -0.05) is 6.07 Å². The third kappa shape index (κ3) is 5.04. The summed E-state index contributed by atoms with van der Waals surface area (Å²) in [7, 11) is 3.59. The maximum absolute atomic E-state index is 12.3. The van der Waals surface area contributed by atoms with Gasteiger partial charge in [0, 0.05) is 31.5 Å². The molecule has 1 amide bonds. The van der Waals surface area contributed by atoms with E-state index in [1.54, 1.807) is 56.0 Å². The molecular formula is C21H22N4O2. The molecule has 0 aliphatic carbocycles. The summed E-state index contributed by atoms with van der Waals surface area (Å²) in [6, 6.07) is 14.8. The van der Waals surface area contributed by atoms with Crippen LogP contribution in [0.1, 0.15) is 15.9 Å². The van der Waals surface area contributed by atoms with E-state index < -0.39 is 0 Å². The summed E-state index contributed by atoms with van der Waals surface area (Å²) in [5.41, 5.74) is 2.75. The highest BCUT2D eigenvalue weighted by Crippen LogP contribution is 2.17. The Kier molecular flexibility index (Phi) is 5.99. The molecule has 3 aromatic rings. The number of benzene rings is 1. The molecule has 2 aromatic heterocycles. The Morgan fingerprint density at radius 3 is 2.67 bits per heavy atom. The smallest absolute Gasteiger partial charge is 0.256 e. The number of aromatic nitrogens is 2. The summed E-state index contributed by atoms with van der Waals surface area (Å²) in [6.45, 7) is 0.862. The lowest BCUT2D eigenvalue weighted by atomic mass is 10.2. The van der Waals surface area contributed by atoms with Crippen LogP contribution in [0.3, 0.4) is 0 Å².